The Morgan fingerprint density at radius 1 is 1.36 bits per heavy atom. The molecule has 4 heteroatoms. The van der Waals surface area contributed by atoms with Crippen LogP contribution in [0.4, 0.5) is 0 Å². The van der Waals surface area contributed by atoms with Crippen LogP contribution in [0.15, 0.2) is 21.4 Å². The lowest BCUT2D eigenvalue weighted by Crippen LogP contribution is -2.11. The maximum Gasteiger partial charge on any atom is 0.269 e. The number of hydrogen-bond donors (Lipinski definition) is 1. The van der Waals surface area contributed by atoms with Gasteiger partial charge in [0.1, 0.15) is 5.69 Å². The molecule has 1 heterocycles. The summed E-state index contributed by atoms with van der Waals surface area (Å²) in [5, 5.41) is 0. The summed E-state index contributed by atoms with van der Waals surface area (Å²) in [6, 6.07) is 3.84. The van der Waals surface area contributed by atoms with Gasteiger partial charge in [-0.1, -0.05) is 15.9 Å². The van der Waals surface area contributed by atoms with Crippen molar-refractivity contribution in [3.05, 3.63) is 38.2 Å². The first kappa shape index (κ1) is 9.40. The molecule has 0 fully saturated rings. The third-order valence-corrected chi connectivity index (χ3v) is 2.58. The lowest BCUT2D eigenvalue weighted by Gasteiger charge is -2.02. The predicted molar refractivity (Wildman–Crippen MR) is 59.5 cm³/mol. The Labute approximate surface area is 89.3 Å². The van der Waals surface area contributed by atoms with Gasteiger partial charge in [-0.2, -0.15) is 0 Å². The second-order valence-electron chi connectivity index (χ2n) is 3.27. The molecule has 2 rings (SSSR count). The summed E-state index contributed by atoms with van der Waals surface area (Å²) >= 11 is 3.38. The average molecular weight is 253 g/mol. The zero-order valence-corrected chi connectivity index (χ0v) is 9.47. The van der Waals surface area contributed by atoms with Crippen LogP contribution >= 0.6 is 15.9 Å². The molecule has 72 valence electrons. The fourth-order valence-electron chi connectivity index (χ4n) is 1.41. The lowest BCUT2D eigenvalue weighted by atomic mass is 10.2. The van der Waals surface area contributed by atoms with Crippen LogP contribution in [0.5, 0.6) is 0 Å². The van der Waals surface area contributed by atoms with Crippen molar-refractivity contribution in [2.45, 2.75) is 13.8 Å². The van der Waals surface area contributed by atoms with Gasteiger partial charge >= 0.3 is 0 Å². The highest BCUT2D eigenvalue weighted by molar-refractivity contribution is 9.10. The Hall–Kier alpha value is -1.16. The summed E-state index contributed by atoms with van der Waals surface area (Å²) in [6.07, 6.45) is 0. The average Bonchev–Trinajstić information content (AvgIpc) is 2.08. The Morgan fingerprint density at radius 2 is 2.07 bits per heavy atom. The fourth-order valence-corrected chi connectivity index (χ4v) is 1.98. The minimum atomic E-state index is -0.130. The molecule has 0 atom stereocenters. The van der Waals surface area contributed by atoms with Gasteiger partial charge in [0.05, 0.1) is 11.0 Å². The molecule has 3 nitrogen and oxygen atoms in total. The van der Waals surface area contributed by atoms with Gasteiger partial charge in [-0.15, -0.1) is 0 Å². The number of nitrogens with one attached hydrogen (secondary N) is 1. The second-order valence-corrected chi connectivity index (χ2v) is 4.19. The summed E-state index contributed by atoms with van der Waals surface area (Å²) in [4.78, 5) is 18.4. The Bertz CT molecular complexity index is 560. The molecular weight excluding hydrogens is 244 g/mol. The van der Waals surface area contributed by atoms with E-state index in [1.54, 1.807) is 6.92 Å². The first-order valence-corrected chi connectivity index (χ1v) is 5.04. The number of aryl methyl sites for hydroxylation is 2. The van der Waals surface area contributed by atoms with Gasteiger partial charge in [0.15, 0.2) is 0 Å². The quantitative estimate of drug-likeness (QED) is 0.782. The Kier molecular flexibility index (Phi) is 2.15. The van der Waals surface area contributed by atoms with Gasteiger partial charge in [0.25, 0.3) is 5.56 Å². The molecule has 0 saturated carbocycles. The largest absolute Gasteiger partial charge is 0.319 e. The van der Waals surface area contributed by atoms with Crippen LogP contribution in [0, 0.1) is 13.8 Å². The highest BCUT2D eigenvalue weighted by atomic mass is 79.9. The van der Waals surface area contributed by atoms with Crippen LogP contribution in [0.25, 0.3) is 11.0 Å². The van der Waals surface area contributed by atoms with Crippen LogP contribution < -0.4 is 5.56 Å². The number of fused-ring (bicyclic) bond motifs is 1. The monoisotopic (exact) mass is 252 g/mol. The van der Waals surface area contributed by atoms with Crippen molar-refractivity contribution < 1.29 is 0 Å². The van der Waals surface area contributed by atoms with E-state index in [4.69, 9.17) is 0 Å². The summed E-state index contributed by atoms with van der Waals surface area (Å²) in [5.74, 6) is 0. The van der Waals surface area contributed by atoms with Gasteiger partial charge in [0.2, 0.25) is 0 Å². The van der Waals surface area contributed by atoms with E-state index >= 15 is 0 Å². The molecule has 0 amide bonds. The van der Waals surface area contributed by atoms with E-state index in [0.29, 0.717) is 5.69 Å². The molecule has 0 radical (unpaired) electrons. The summed E-state index contributed by atoms with van der Waals surface area (Å²) in [7, 11) is 0. The van der Waals surface area contributed by atoms with Crippen LogP contribution in [-0.2, 0) is 0 Å². The number of hydrogen-bond acceptors (Lipinski definition) is 2. The SMILES string of the molecule is Cc1nc2c(C)cc(Br)cc2[nH]c1=O. The molecular formula is C10H9BrN2O. The maximum absolute atomic E-state index is 11.3. The molecule has 0 aliphatic carbocycles. The number of halogens is 1. The van der Waals surface area contributed by atoms with Crippen LogP contribution in [0.2, 0.25) is 0 Å². The van der Waals surface area contributed by atoms with Crippen molar-refractivity contribution in [3.63, 3.8) is 0 Å². The van der Waals surface area contributed by atoms with E-state index in [0.717, 1.165) is 21.1 Å². The molecule has 0 aliphatic heterocycles. The highest BCUT2D eigenvalue weighted by Crippen LogP contribution is 2.19. The van der Waals surface area contributed by atoms with Crippen molar-refractivity contribution in [2.24, 2.45) is 0 Å². The predicted octanol–water partition coefficient (Wildman–Crippen LogP) is 2.30. The molecule has 0 spiro atoms. The number of aromatic amines is 1. The van der Waals surface area contributed by atoms with Crippen molar-refractivity contribution >= 4 is 27.0 Å². The van der Waals surface area contributed by atoms with Gasteiger partial charge < -0.3 is 4.98 Å². The van der Waals surface area contributed by atoms with E-state index in [-0.39, 0.29) is 5.56 Å². The number of H-pyrrole nitrogens is 1. The summed E-state index contributed by atoms with van der Waals surface area (Å²) in [5.41, 5.74) is 3.05. The van der Waals surface area contributed by atoms with Crippen LogP contribution in [-0.4, -0.2) is 9.97 Å². The first-order valence-electron chi connectivity index (χ1n) is 4.25. The zero-order chi connectivity index (χ0) is 10.3. The topological polar surface area (TPSA) is 45.8 Å². The van der Waals surface area contributed by atoms with Gasteiger partial charge in [0, 0.05) is 4.47 Å². The van der Waals surface area contributed by atoms with E-state index in [9.17, 15) is 4.79 Å². The summed E-state index contributed by atoms with van der Waals surface area (Å²) < 4.78 is 0.948. The number of rotatable bonds is 0. The van der Waals surface area contributed by atoms with E-state index in [1.165, 1.54) is 0 Å². The molecule has 1 aromatic heterocycles. The first-order chi connectivity index (χ1) is 6.58. The molecule has 0 saturated heterocycles. The number of nitrogens with zero attached hydrogens (tertiary/aromatic N) is 1. The van der Waals surface area contributed by atoms with Gasteiger partial charge in [-0.05, 0) is 31.5 Å². The molecule has 1 N–H and O–H groups in total. The minimum absolute atomic E-state index is 0.130. The van der Waals surface area contributed by atoms with E-state index in [2.05, 4.69) is 25.9 Å². The van der Waals surface area contributed by atoms with Crippen molar-refractivity contribution in [1.82, 2.24) is 9.97 Å². The number of aromatic nitrogens is 2. The van der Waals surface area contributed by atoms with E-state index in [1.807, 2.05) is 19.1 Å². The Morgan fingerprint density at radius 3 is 2.79 bits per heavy atom. The zero-order valence-electron chi connectivity index (χ0n) is 7.89. The molecule has 0 bridgehead atoms. The smallest absolute Gasteiger partial charge is 0.269 e. The van der Waals surface area contributed by atoms with Crippen LogP contribution in [0.1, 0.15) is 11.3 Å². The highest BCUT2D eigenvalue weighted by Gasteiger charge is 2.03. The lowest BCUT2D eigenvalue weighted by molar-refractivity contribution is 1.11. The molecule has 0 unspecified atom stereocenters. The third kappa shape index (κ3) is 1.46. The second kappa shape index (κ2) is 3.20. The van der Waals surface area contributed by atoms with Gasteiger partial charge in [-0.3, -0.25) is 4.79 Å². The standard InChI is InChI=1S/C10H9BrN2O/c1-5-3-7(11)4-8-9(5)12-6(2)10(14)13-8/h3-4H,1-2H3,(H,13,14). The van der Waals surface area contributed by atoms with Crippen molar-refractivity contribution in [1.29, 1.82) is 0 Å². The van der Waals surface area contributed by atoms with Gasteiger partial charge in [-0.25, -0.2) is 4.98 Å². The molecule has 2 aromatic rings. The molecule has 1 aromatic carbocycles. The third-order valence-electron chi connectivity index (χ3n) is 2.12. The Balaban J connectivity index is 2.96. The minimum Gasteiger partial charge on any atom is -0.319 e. The normalized spacial score (nSPS) is 10.8. The fraction of sp³-hybridized carbons (Fsp3) is 0.200. The summed E-state index contributed by atoms with van der Waals surface area (Å²) in [6.45, 7) is 3.68. The van der Waals surface area contributed by atoms with Crippen molar-refractivity contribution in [2.75, 3.05) is 0 Å². The molecule has 0 aliphatic rings. The molecule has 14 heavy (non-hydrogen) atoms. The van der Waals surface area contributed by atoms with E-state index < -0.39 is 0 Å². The van der Waals surface area contributed by atoms with Crippen molar-refractivity contribution in [3.8, 4) is 0 Å². The number of benzene rings is 1. The van der Waals surface area contributed by atoms with Crippen LogP contribution in [0.3, 0.4) is 0 Å². The maximum atomic E-state index is 11.3.